The molecule has 1 aliphatic carbocycles. The van der Waals surface area contributed by atoms with Crippen molar-refractivity contribution < 1.29 is 14.7 Å². The maximum absolute atomic E-state index is 11.9. The Kier molecular flexibility index (Phi) is 4.12. The standard InChI is InChI=1S/C12H15NO3/c1-3-8-13(2)11(14)9-6-4-5-7-10(9)12(15)16/h1,4-5,9-10H,6-8H2,2H3,(H,15,16)/t9-,10+/m1/s1. The van der Waals surface area contributed by atoms with Crippen LogP contribution in [-0.4, -0.2) is 35.5 Å². The number of carbonyl (C=O) groups excluding carboxylic acids is 1. The SMILES string of the molecule is C#CCN(C)C(=O)[C@@H]1CC=CC[C@@H]1C(=O)O. The molecule has 0 aromatic rings. The van der Waals surface area contributed by atoms with E-state index in [0.717, 1.165) is 0 Å². The van der Waals surface area contributed by atoms with Crippen molar-refractivity contribution in [1.82, 2.24) is 4.90 Å². The molecule has 0 unspecified atom stereocenters. The summed E-state index contributed by atoms with van der Waals surface area (Å²) in [6.45, 7) is 0.214. The number of hydrogen-bond donors (Lipinski definition) is 1. The van der Waals surface area contributed by atoms with E-state index in [9.17, 15) is 9.59 Å². The molecule has 1 N–H and O–H groups in total. The van der Waals surface area contributed by atoms with E-state index in [-0.39, 0.29) is 12.5 Å². The summed E-state index contributed by atoms with van der Waals surface area (Å²) in [7, 11) is 1.60. The molecule has 1 amide bonds. The molecule has 4 heteroatoms. The number of nitrogens with zero attached hydrogens (tertiary/aromatic N) is 1. The minimum Gasteiger partial charge on any atom is -0.481 e. The molecule has 0 spiro atoms. The zero-order valence-corrected chi connectivity index (χ0v) is 9.22. The van der Waals surface area contributed by atoms with Gasteiger partial charge in [-0.15, -0.1) is 6.42 Å². The van der Waals surface area contributed by atoms with Gasteiger partial charge >= 0.3 is 5.97 Å². The van der Waals surface area contributed by atoms with Gasteiger partial charge < -0.3 is 10.0 Å². The van der Waals surface area contributed by atoms with Crippen LogP contribution in [-0.2, 0) is 9.59 Å². The largest absolute Gasteiger partial charge is 0.481 e. The lowest BCUT2D eigenvalue weighted by Gasteiger charge is -2.27. The van der Waals surface area contributed by atoms with Gasteiger partial charge in [0.15, 0.2) is 0 Å². The molecule has 0 aromatic carbocycles. The van der Waals surface area contributed by atoms with Crippen molar-refractivity contribution in [3.63, 3.8) is 0 Å². The summed E-state index contributed by atoms with van der Waals surface area (Å²) >= 11 is 0. The minimum atomic E-state index is -0.920. The molecule has 16 heavy (non-hydrogen) atoms. The third-order valence-corrected chi connectivity index (χ3v) is 2.77. The number of allylic oxidation sites excluding steroid dienone is 2. The molecule has 0 bridgehead atoms. The van der Waals surface area contributed by atoms with E-state index in [1.807, 2.05) is 12.2 Å². The molecule has 0 heterocycles. The quantitative estimate of drug-likeness (QED) is 0.565. The van der Waals surface area contributed by atoms with Crippen LogP contribution in [0.1, 0.15) is 12.8 Å². The van der Waals surface area contributed by atoms with Crippen molar-refractivity contribution in [3.05, 3.63) is 12.2 Å². The zero-order valence-electron chi connectivity index (χ0n) is 9.22. The van der Waals surface area contributed by atoms with Gasteiger partial charge in [-0.05, 0) is 12.8 Å². The highest BCUT2D eigenvalue weighted by molar-refractivity contribution is 5.85. The Hall–Kier alpha value is -1.76. The van der Waals surface area contributed by atoms with Crippen LogP contribution < -0.4 is 0 Å². The van der Waals surface area contributed by atoms with E-state index >= 15 is 0 Å². The molecule has 1 aliphatic rings. The lowest BCUT2D eigenvalue weighted by molar-refractivity contribution is -0.149. The average molecular weight is 221 g/mol. The van der Waals surface area contributed by atoms with Gasteiger partial charge in [0.1, 0.15) is 0 Å². The molecule has 1 rings (SSSR count). The molecule has 86 valence electrons. The van der Waals surface area contributed by atoms with Crippen LogP contribution >= 0.6 is 0 Å². The Morgan fingerprint density at radius 2 is 2.00 bits per heavy atom. The monoisotopic (exact) mass is 221 g/mol. The van der Waals surface area contributed by atoms with Crippen molar-refractivity contribution in [3.8, 4) is 12.3 Å². The Labute approximate surface area is 94.9 Å². The van der Waals surface area contributed by atoms with Gasteiger partial charge in [-0.2, -0.15) is 0 Å². The van der Waals surface area contributed by atoms with Crippen molar-refractivity contribution >= 4 is 11.9 Å². The fourth-order valence-electron chi connectivity index (χ4n) is 1.86. The Morgan fingerprint density at radius 3 is 2.50 bits per heavy atom. The molecular formula is C12H15NO3. The van der Waals surface area contributed by atoms with Crippen LogP contribution in [0.4, 0.5) is 0 Å². The Bertz CT molecular complexity index is 354. The number of aliphatic carboxylic acids is 1. The summed E-state index contributed by atoms with van der Waals surface area (Å²) in [5, 5.41) is 9.02. The topological polar surface area (TPSA) is 57.6 Å². The number of carboxylic acid groups (broad SMARTS) is 1. The average Bonchev–Trinajstić information content (AvgIpc) is 2.28. The van der Waals surface area contributed by atoms with Crippen molar-refractivity contribution in [2.24, 2.45) is 11.8 Å². The second-order valence-corrected chi connectivity index (χ2v) is 3.89. The van der Waals surface area contributed by atoms with Gasteiger partial charge in [0, 0.05) is 7.05 Å². The van der Waals surface area contributed by atoms with Gasteiger partial charge in [0.2, 0.25) is 5.91 Å². The highest BCUT2D eigenvalue weighted by Gasteiger charge is 2.35. The third-order valence-electron chi connectivity index (χ3n) is 2.77. The molecule has 0 saturated carbocycles. The minimum absolute atomic E-state index is 0.185. The first-order valence-electron chi connectivity index (χ1n) is 5.14. The lowest BCUT2D eigenvalue weighted by Crippen LogP contribution is -2.40. The number of rotatable bonds is 3. The van der Waals surface area contributed by atoms with Gasteiger partial charge in [-0.25, -0.2) is 0 Å². The zero-order chi connectivity index (χ0) is 12.1. The van der Waals surface area contributed by atoms with Crippen molar-refractivity contribution in [2.45, 2.75) is 12.8 Å². The van der Waals surface area contributed by atoms with E-state index in [0.29, 0.717) is 12.8 Å². The Morgan fingerprint density at radius 1 is 1.44 bits per heavy atom. The first-order valence-corrected chi connectivity index (χ1v) is 5.14. The molecule has 0 aliphatic heterocycles. The normalized spacial score (nSPS) is 23.5. The van der Waals surface area contributed by atoms with Crippen LogP contribution in [0.3, 0.4) is 0 Å². The van der Waals surface area contributed by atoms with Gasteiger partial charge in [0.25, 0.3) is 0 Å². The number of terminal acetylenes is 1. The number of hydrogen-bond acceptors (Lipinski definition) is 2. The van der Waals surface area contributed by atoms with E-state index in [1.54, 1.807) is 7.05 Å². The fraction of sp³-hybridized carbons (Fsp3) is 0.500. The van der Waals surface area contributed by atoms with Gasteiger partial charge in [-0.3, -0.25) is 9.59 Å². The van der Waals surface area contributed by atoms with Crippen LogP contribution in [0.15, 0.2) is 12.2 Å². The number of amides is 1. The smallest absolute Gasteiger partial charge is 0.307 e. The second-order valence-electron chi connectivity index (χ2n) is 3.89. The highest BCUT2D eigenvalue weighted by Crippen LogP contribution is 2.27. The first-order chi connectivity index (χ1) is 7.57. The molecule has 0 radical (unpaired) electrons. The molecule has 0 aromatic heterocycles. The summed E-state index contributed by atoms with van der Waals surface area (Å²) < 4.78 is 0. The summed E-state index contributed by atoms with van der Waals surface area (Å²) in [6.07, 6.45) is 9.67. The molecular weight excluding hydrogens is 206 g/mol. The second kappa shape index (κ2) is 5.36. The van der Waals surface area contributed by atoms with Gasteiger partial charge in [0.05, 0.1) is 18.4 Å². The summed E-state index contributed by atoms with van der Waals surface area (Å²) in [5.74, 6) is 0.154. The highest BCUT2D eigenvalue weighted by atomic mass is 16.4. The molecule has 4 nitrogen and oxygen atoms in total. The summed E-state index contributed by atoms with van der Waals surface area (Å²) in [4.78, 5) is 24.3. The van der Waals surface area contributed by atoms with Crippen LogP contribution in [0.2, 0.25) is 0 Å². The molecule has 2 atom stereocenters. The van der Waals surface area contributed by atoms with Crippen LogP contribution in [0.5, 0.6) is 0 Å². The lowest BCUT2D eigenvalue weighted by atomic mass is 9.82. The Balaban J connectivity index is 2.77. The first kappa shape index (κ1) is 12.3. The summed E-state index contributed by atoms with van der Waals surface area (Å²) in [5.41, 5.74) is 0. The number of carboxylic acids is 1. The van der Waals surface area contributed by atoms with E-state index in [4.69, 9.17) is 11.5 Å². The molecule has 0 fully saturated rings. The fourth-order valence-corrected chi connectivity index (χ4v) is 1.86. The van der Waals surface area contributed by atoms with Crippen LogP contribution in [0, 0.1) is 24.2 Å². The van der Waals surface area contributed by atoms with Crippen molar-refractivity contribution in [2.75, 3.05) is 13.6 Å². The van der Waals surface area contributed by atoms with Crippen LogP contribution in [0.25, 0.3) is 0 Å². The third kappa shape index (κ3) is 2.63. The van der Waals surface area contributed by atoms with E-state index in [2.05, 4.69) is 5.92 Å². The van der Waals surface area contributed by atoms with E-state index in [1.165, 1.54) is 4.90 Å². The maximum Gasteiger partial charge on any atom is 0.307 e. The number of carbonyl (C=O) groups is 2. The predicted octanol–water partition coefficient (Wildman–Crippen LogP) is 0.745. The predicted molar refractivity (Wildman–Crippen MR) is 59.5 cm³/mol. The van der Waals surface area contributed by atoms with Gasteiger partial charge in [-0.1, -0.05) is 18.1 Å². The van der Waals surface area contributed by atoms with Crippen molar-refractivity contribution in [1.29, 1.82) is 0 Å². The molecule has 0 saturated heterocycles. The van der Waals surface area contributed by atoms with E-state index < -0.39 is 17.8 Å². The maximum atomic E-state index is 11.9. The summed E-state index contributed by atoms with van der Waals surface area (Å²) in [6, 6.07) is 0.